The van der Waals surface area contributed by atoms with E-state index in [1.807, 2.05) is 25.1 Å². The van der Waals surface area contributed by atoms with Gasteiger partial charge in [0.2, 0.25) is 11.6 Å². The molecule has 0 saturated heterocycles. The number of ether oxygens (including phenoxy) is 6. The molecule has 1 aliphatic heterocycles. The summed E-state index contributed by atoms with van der Waals surface area (Å²) in [5.41, 5.74) is 8.69. The highest BCUT2D eigenvalue weighted by molar-refractivity contribution is 5.74. The van der Waals surface area contributed by atoms with Crippen LogP contribution < -0.4 is 34.2 Å². The van der Waals surface area contributed by atoms with Gasteiger partial charge in [-0.25, -0.2) is 4.79 Å². The maximum atomic E-state index is 12.4. The molecule has 1 heterocycles. The fourth-order valence-electron chi connectivity index (χ4n) is 4.12. The molecule has 0 spiro atoms. The highest BCUT2D eigenvalue weighted by Gasteiger charge is 2.32. The summed E-state index contributed by atoms with van der Waals surface area (Å²) in [6.07, 6.45) is 0. The first-order valence-electron chi connectivity index (χ1n) is 11.3. The summed E-state index contributed by atoms with van der Waals surface area (Å²) >= 11 is 0. The van der Waals surface area contributed by atoms with E-state index in [-0.39, 0.29) is 23.8 Å². The molecule has 0 saturated carbocycles. The van der Waals surface area contributed by atoms with E-state index in [4.69, 9.17) is 34.2 Å². The Morgan fingerprint density at radius 3 is 2.35 bits per heavy atom. The molecule has 0 radical (unpaired) electrons. The van der Waals surface area contributed by atoms with Crippen molar-refractivity contribution >= 4 is 5.97 Å². The number of hydrogen-bond acceptors (Lipinski definition) is 9. The standard InChI is InChI=1S/C28H26N2O7/c1-16-6-5-7-18(10-16)35-15-25(31)36-19-8-9-20-22(13-19)37-28(30)21(14-29)26(20)17-11-23(32-2)27(34-4)24(12-17)33-3/h5-13,26H,15,30H2,1-4H3. The van der Waals surface area contributed by atoms with Gasteiger partial charge in [-0.3, -0.25) is 0 Å². The third kappa shape index (κ3) is 5.23. The lowest BCUT2D eigenvalue weighted by Crippen LogP contribution is -2.22. The van der Waals surface area contributed by atoms with Gasteiger partial charge in [-0.1, -0.05) is 18.2 Å². The molecule has 4 rings (SSSR count). The van der Waals surface area contributed by atoms with Crippen molar-refractivity contribution in [2.45, 2.75) is 12.8 Å². The van der Waals surface area contributed by atoms with Gasteiger partial charge in [-0.15, -0.1) is 0 Å². The molecule has 1 aliphatic rings. The summed E-state index contributed by atoms with van der Waals surface area (Å²) < 4.78 is 33.1. The second-order valence-corrected chi connectivity index (χ2v) is 8.16. The molecule has 1 unspecified atom stereocenters. The van der Waals surface area contributed by atoms with Crippen molar-refractivity contribution in [3.63, 3.8) is 0 Å². The number of fused-ring (bicyclic) bond motifs is 1. The van der Waals surface area contributed by atoms with Crippen molar-refractivity contribution in [3.05, 3.63) is 82.7 Å². The fourth-order valence-corrected chi connectivity index (χ4v) is 4.12. The van der Waals surface area contributed by atoms with Crippen molar-refractivity contribution in [2.24, 2.45) is 5.73 Å². The minimum absolute atomic E-state index is 0.0555. The van der Waals surface area contributed by atoms with Gasteiger partial charge in [0.25, 0.3) is 0 Å². The van der Waals surface area contributed by atoms with Crippen LogP contribution in [0.4, 0.5) is 0 Å². The Morgan fingerprint density at radius 1 is 1.00 bits per heavy atom. The molecule has 3 aromatic rings. The van der Waals surface area contributed by atoms with Gasteiger partial charge >= 0.3 is 5.97 Å². The Labute approximate surface area is 214 Å². The van der Waals surface area contributed by atoms with Crippen molar-refractivity contribution in [3.8, 4) is 40.6 Å². The van der Waals surface area contributed by atoms with Gasteiger partial charge in [-0.05, 0) is 48.4 Å². The third-order valence-electron chi connectivity index (χ3n) is 5.79. The number of nitriles is 1. The number of carbonyl (C=O) groups is 1. The van der Waals surface area contributed by atoms with Gasteiger partial charge < -0.3 is 34.2 Å². The van der Waals surface area contributed by atoms with E-state index in [1.165, 1.54) is 21.3 Å². The Kier molecular flexibility index (Phi) is 7.39. The monoisotopic (exact) mass is 502 g/mol. The molecule has 0 aliphatic carbocycles. The maximum absolute atomic E-state index is 12.4. The van der Waals surface area contributed by atoms with E-state index in [2.05, 4.69) is 6.07 Å². The number of methoxy groups -OCH3 is 3. The molecule has 37 heavy (non-hydrogen) atoms. The number of benzene rings is 3. The van der Waals surface area contributed by atoms with Gasteiger partial charge in [0.15, 0.2) is 18.1 Å². The van der Waals surface area contributed by atoms with E-state index in [1.54, 1.807) is 36.4 Å². The zero-order valence-corrected chi connectivity index (χ0v) is 20.9. The zero-order valence-electron chi connectivity index (χ0n) is 20.9. The van der Waals surface area contributed by atoms with E-state index >= 15 is 0 Å². The normalized spacial score (nSPS) is 14.1. The summed E-state index contributed by atoms with van der Waals surface area (Å²) in [6, 6.07) is 17.9. The van der Waals surface area contributed by atoms with Gasteiger partial charge in [0.05, 0.1) is 27.2 Å². The SMILES string of the molecule is COc1cc(C2C(C#N)=C(N)Oc3cc(OC(=O)COc4cccc(C)c4)ccc32)cc(OC)c1OC. The molecule has 0 amide bonds. The molecule has 0 fully saturated rings. The third-order valence-corrected chi connectivity index (χ3v) is 5.79. The van der Waals surface area contributed by atoms with E-state index in [0.717, 1.165) is 5.56 Å². The van der Waals surface area contributed by atoms with Gasteiger partial charge in [0.1, 0.15) is 28.9 Å². The lowest BCUT2D eigenvalue weighted by atomic mass is 9.83. The first-order chi connectivity index (χ1) is 17.9. The number of carbonyl (C=O) groups excluding carboxylic acids is 1. The van der Waals surface area contributed by atoms with Crippen molar-refractivity contribution in [2.75, 3.05) is 27.9 Å². The molecule has 2 N–H and O–H groups in total. The minimum Gasteiger partial charge on any atom is -0.493 e. The van der Waals surface area contributed by atoms with E-state index in [0.29, 0.717) is 39.9 Å². The zero-order chi connectivity index (χ0) is 26.5. The molecule has 190 valence electrons. The molecule has 3 aromatic carbocycles. The number of nitrogens with zero attached hydrogens (tertiary/aromatic N) is 1. The van der Waals surface area contributed by atoms with Crippen molar-refractivity contribution in [1.29, 1.82) is 5.26 Å². The van der Waals surface area contributed by atoms with Crippen LogP contribution in [0, 0.1) is 18.3 Å². The van der Waals surface area contributed by atoms with Crippen LogP contribution in [0.5, 0.6) is 34.5 Å². The molecule has 9 heteroatoms. The molecule has 0 aromatic heterocycles. The van der Waals surface area contributed by atoms with Crippen LogP contribution in [-0.2, 0) is 4.79 Å². The number of rotatable bonds is 8. The first kappa shape index (κ1) is 25.3. The second-order valence-electron chi connectivity index (χ2n) is 8.16. The molecule has 9 nitrogen and oxygen atoms in total. The van der Waals surface area contributed by atoms with Crippen LogP contribution in [0.2, 0.25) is 0 Å². The summed E-state index contributed by atoms with van der Waals surface area (Å²) in [4.78, 5) is 12.4. The number of nitrogens with two attached hydrogens (primary N) is 1. The summed E-state index contributed by atoms with van der Waals surface area (Å²) in [5.74, 6) is 1.22. The summed E-state index contributed by atoms with van der Waals surface area (Å²) in [5, 5.41) is 9.88. The Bertz CT molecular complexity index is 1380. The number of aryl methyl sites for hydroxylation is 1. The quantitative estimate of drug-likeness (QED) is 0.356. The number of esters is 1. The van der Waals surface area contributed by atoms with E-state index in [9.17, 15) is 10.1 Å². The number of hydrogen-bond donors (Lipinski definition) is 1. The molecular formula is C28H26N2O7. The number of allylic oxidation sites excluding steroid dienone is 1. The highest BCUT2D eigenvalue weighted by atomic mass is 16.6. The van der Waals surface area contributed by atoms with Crippen LogP contribution in [0.25, 0.3) is 0 Å². The lowest BCUT2D eigenvalue weighted by Gasteiger charge is -2.27. The Balaban J connectivity index is 1.63. The maximum Gasteiger partial charge on any atom is 0.349 e. The van der Waals surface area contributed by atoms with Crippen molar-refractivity contribution in [1.82, 2.24) is 0 Å². The van der Waals surface area contributed by atoms with Crippen LogP contribution in [0.1, 0.15) is 22.6 Å². The molecule has 0 bridgehead atoms. The predicted octanol–water partition coefficient (Wildman–Crippen LogP) is 4.22. The predicted molar refractivity (Wildman–Crippen MR) is 134 cm³/mol. The molecule has 1 atom stereocenters. The van der Waals surface area contributed by atoms with Gasteiger partial charge in [0, 0.05) is 11.6 Å². The Hall–Kier alpha value is -4.84. The lowest BCUT2D eigenvalue weighted by molar-refractivity contribution is -0.136. The van der Waals surface area contributed by atoms with E-state index < -0.39 is 11.9 Å². The van der Waals surface area contributed by atoms with Gasteiger partial charge in [-0.2, -0.15) is 5.26 Å². The van der Waals surface area contributed by atoms with Crippen LogP contribution in [-0.4, -0.2) is 33.9 Å². The first-order valence-corrected chi connectivity index (χ1v) is 11.3. The molecular weight excluding hydrogens is 476 g/mol. The smallest absolute Gasteiger partial charge is 0.349 e. The average Bonchev–Trinajstić information content (AvgIpc) is 2.90. The Morgan fingerprint density at radius 2 is 1.73 bits per heavy atom. The summed E-state index contributed by atoms with van der Waals surface area (Å²) in [6.45, 7) is 1.66. The minimum atomic E-state index is -0.586. The topological polar surface area (TPSA) is 122 Å². The largest absolute Gasteiger partial charge is 0.493 e. The van der Waals surface area contributed by atoms with Crippen LogP contribution in [0.15, 0.2) is 66.1 Å². The fraction of sp³-hybridized carbons (Fsp3) is 0.214. The second kappa shape index (κ2) is 10.8. The summed E-state index contributed by atoms with van der Waals surface area (Å²) in [7, 11) is 4.53. The van der Waals surface area contributed by atoms with Crippen LogP contribution >= 0.6 is 0 Å². The van der Waals surface area contributed by atoms with Crippen molar-refractivity contribution < 1.29 is 33.2 Å². The highest BCUT2D eigenvalue weighted by Crippen LogP contribution is 2.47. The average molecular weight is 503 g/mol. The van der Waals surface area contributed by atoms with Crippen LogP contribution in [0.3, 0.4) is 0 Å².